The molecule has 1 aromatic heterocycles. The first-order chi connectivity index (χ1) is 12.2. The van der Waals surface area contributed by atoms with Crippen molar-refractivity contribution in [1.82, 2.24) is 19.6 Å². The van der Waals surface area contributed by atoms with Crippen LogP contribution in [0.25, 0.3) is 0 Å². The molecule has 0 aromatic carbocycles. The second-order valence-corrected chi connectivity index (χ2v) is 7.64. The van der Waals surface area contributed by atoms with Gasteiger partial charge in [-0.2, -0.15) is 5.10 Å². The number of fused-ring (bicyclic) bond motifs is 1. The Hall–Kier alpha value is -1.44. The molecule has 0 spiro atoms. The molecule has 3 heterocycles. The van der Waals surface area contributed by atoms with Gasteiger partial charge >= 0.3 is 0 Å². The van der Waals surface area contributed by atoms with Gasteiger partial charge in [-0.3, -0.25) is 14.4 Å². The molecule has 2 N–H and O–H groups in total. The van der Waals surface area contributed by atoms with Gasteiger partial charge in [-0.15, -0.1) is 0 Å². The van der Waals surface area contributed by atoms with Crippen LogP contribution in [-0.4, -0.2) is 68.0 Å². The van der Waals surface area contributed by atoms with Gasteiger partial charge in [0.2, 0.25) is 5.91 Å². The lowest BCUT2D eigenvalue weighted by atomic mass is 9.84. The molecule has 2 aliphatic heterocycles. The Morgan fingerprint density at radius 2 is 1.96 bits per heavy atom. The Kier molecular flexibility index (Phi) is 4.80. The summed E-state index contributed by atoms with van der Waals surface area (Å²) >= 11 is 0. The van der Waals surface area contributed by atoms with E-state index in [4.69, 9.17) is 5.11 Å². The number of aliphatic hydroxyl groups excluding tert-OH is 2. The number of piperidine rings is 1. The fourth-order valence-electron chi connectivity index (χ4n) is 4.24. The second kappa shape index (κ2) is 7.05. The fraction of sp³-hybridized carbons (Fsp3) is 0.778. The monoisotopic (exact) mass is 348 g/mol. The maximum absolute atomic E-state index is 12.4. The van der Waals surface area contributed by atoms with Crippen molar-refractivity contribution in [2.75, 3.05) is 26.2 Å². The fourth-order valence-corrected chi connectivity index (χ4v) is 4.24. The van der Waals surface area contributed by atoms with E-state index in [9.17, 15) is 9.90 Å². The lowest BCUT2D eigenvalue weighted by Gasteiger charge is -2.41. The highest BCUT2D eigenvalue weighted by atomic mass is 16.3. The average molecular weight is 348 g/mol. The van der Waals surface area contributed by atoms with E-state index in [-0.39, 0.29) is 6.61 Å². The Morgan fingerprint density at radius 1 is 1.20 bits per heavy atom. The van der Waals surface area contributed by atoms with E-state index < -0.39 is 6.10 Å². The Balaban J connectivity index is 1.33. The Bertz CT molecular complexity index is 620. The van der Waals surface area contributed by atoms with Crippen LogP contribution in [0.5, 0.6) is 0 Å². The van der Waals surface area contributed by atoms with Gasteiger partial charge in [0.25, 0.3) is 0 Å². The van der Waals surface area contributed by atoms with E-state index in [0.717, 1.165) is 64.1 Å². The molecule has 0 unspecified atom stereocenters. The average Bonchev–Trinajstić information content (AvgIpc) is 3.03. The van der Waals surface area contributed by atoms with Crippen LogP contribution in [0, 0.1) is 5.92 Å². The molecule has 4 rings (SSSR count). The number of likely N-dealkylation sites (tertiary alicyclic amines) is 1. The first kappa shape index (κ1) is 17.0. The normalized spacial score (nSPS) is 24.0. The lowest BCUT2D eigenvalue weighted by molar-refractivity contribution is -0.139. The molecule has 1 aliphatic carbocycles. The molecular weight excluding hydrogens is 320 g/mol. The Morgan fingerprint density at radius 3 is 2.60 bits per heavy atom. The maximum Gasteiger partial charge on any atom is 0.225 e. The van der Waals surface area contributed by atoms with E-state index in [0.29, 0.717) is 23.6 Å². The predicted octanol–water partition coefficient (Wildman–Crippen LogP) is 0.516. The highest BCUT2D eigenvalue weighted by Crippen LogP contribution is 2.30. The number of hydrogen-bond acceptors (Lipinski definition) is 5. The number of aliphatic hydroxyl groups is 2. The lowest BCUT2D eigenvalue weighted by Crippen LogP contribution is -2.50. The molecule has 1 amide bonds. The first-order valence-electron chi connectivity index (χ1n) is 9.54. The molecule has 25 heavy (non-hydrogen) atoms. The van der Waals surface area contributed by atoms with Gasteiger partial charge < -0.3 is 15.1 Å². The third-order valence-electron chi connectivity index (χ3n) is 6.11. The van der Waals surface area contributed by atoms with Crippen molar-refractivity contribution >= 4 is 5.91 Å². The summed E-state index contributed by atoms with van der Waals surface area (Å²) in [5.41, 5.74) is 1.65. The van der Waals surface area contributed by atoms with Crippen molar-refractivity contribution in [3.05, 3.63) is 17.5 Å². The van der Waals surface area contributed by atoms with Crippen molar-refractivity contribution in [3.8, 4) is 0 Å². The number of carbonyl (C=O) groups is 1. The molecule has 1 saturated heterocycles. The van der Waals surface area contributed by atoms with Gasteiger partial charge in [0.1, 0.15) is 6.10 Å². The van der Waals surface area contributed by atoms with Gasteiger partial charge in [-0.05, 0) is 31.7 Å². The van der Waals surface area contributed by atoms with Crippen LogP contribution in [0.15, 0.2) is 6.07 Å². The second-order valence-electron chi connectivity index (χ2n) is 7.64. The van der Waals surface area contributed by atoms with Crippen LogP contribution in [0.2, 0.25) is 0 Å². The maximum atomic E-state index is 12.4. The number of hydrogen-bond donors (Lipinski definition) is 2. The molecule has 7 nitrogen and oxygen atoms in total. The summed E-state index contributed by atoms with van der Waals surface area (Å²) in [6, 6.07) is 2.42. The molecule has 7 heteroatoms. The quantitative estimate of drug-likeness (QED) is 0.829. The zero-order chi connectivity index (χ0) is 17.4. The van der Waals surface area contributed by atoms with E-state index >= 15 is 0 Å². The largest absolute Gasteiger partial charge is 0.393 e. The summed E-state index contributed by atoms with van der Waals surface area (Å²) in [5.74, 6) is 0.682. The summed E-state index contributed by atoms with van der Waals surface area (Å²) in [7, 11) is 0. The molecule has 138 valence electrons. The highest BCUT2D eigenvalue weighted by Gasteiger charge is 2.34. The van der Waals surface area contributed by atoms with E-state index in [1.807, 2.05) is 10.7 Å². The smallest absolute Gasteiger partial charge is 0.225 e. The third-order valence-corrected chi connectivity index (χ3v) is 6.11. The van der Waals surface area contributed by atoms with Crippen LogP contribution in [0.1, 0.15) is 49.6 Å². The number of carbonyl (C=O) groups excluding carboxylic acids is 1. The zero-order valence-electron chi connectivity index (χ0n) is 14.7. The van der Waals surface area contributed by atoms with Crippen LogP contribution in [-0.2, 0) is 17.9 Å². The predicted molar refractivity (Wildman–Crippen MR) is 91.6 cm³/mol. The summed E-state index contributed by atoms with van der Waals surface area (Å²) in [6.07, 6.45) is 4.55. The summed E-state index contributed by atoms with van der Waals surface area (Å²) in [5, 5.41) is 23.3. The minimum Gasteiger partial charge on any atom is -0.393 e. The van der Waals surface area contributed by atoms with Crippen LogP contribution in [0.4, 0.5) is 0 Å². The van der Waals surface area contributed by atoms with Gasteiger partial charge in [0.05, 0.1) is 24.5 Å². The van der Waals surface area contributed by atoms with Crippen molar-refractivity contribution in [1.29, 1.82) is 0 Å². The minimum atomic E-state index is -0.896. The van der Waals surface area contributed by atoms with Crippen molar-refractivity contribution in [2.24, 2.45) is 5.92 Å². The topological polar surface area (TPSA) is 81.8 Å². The third kappa shape index (κ3) is 3.32. The molecule has 2 fully saturated rings. The molecule has 3 aliphatic rings. The van der Waals surface area contributed by atoms with Gasteiger partial charge in [0.15, 0.2) is 0 Å². The number of rotatable bonds is 4. The highest BCUT2D eigenvalue weighted by molar-refractivity contribution is 5.79. The van der Waals surface area contributed by atoms with Crippen LogP contribution in [0.3, 0.4) is 0 Å². The minimum absolute atomic E-state index is 0.298. The van der Waals surface area contributed by atoms with E-state index in [1.165, 1.54) is 6.42 Å². The van der Waals surface area contributed by atoms with Crippen molar-refractivity contribution in [2.45, 2.75) is 57.3 Å². The SMILES string of the molecule is O=C(C1CCC1)N1CCC(N2CCn3nc([C@H](O)CO)cc3C2)CC1. The summed E-state index contributed by atoms with van der Waals surface area (Å²) in [6.45, 7) is 4.05. The molecule has 0 bridgehead atoms. The van der Waals surface area contributed by atoms with E-state index in [2.05, 4.69) is 14.9 Å². The first-order valence-corrected chi connectivity index (χ1v) is 9.54. The number of aromatic nitrogens is 2. The summed E-state index contributed by atoms with van der Waals surface area (Å²) < 4.78 is 1.94. The van der Waals surface area contributed by atoms with Crippen molar-refractivity contribution < 1.29 is 15.0 Å². The molecule has 1 atom stereocenters. The molecule has 1 aromatic rings. The van der Waals surface area contributed by atoms with Gasteiger partial charge in [0, 0.05) is 38.1 Å². The number of nitrogens with zero attached hydrogens (tertiary/aromatic N) is 4. The standard InChI is InChI=1S/C18H28N4O3/c23-12-17(24)16-10-15-11-21(8-9-22(15)19-16)14-4-6-20(7-5-14)18(25)13-2-1-3-13/h10,13-14,17,23-24H,1-9,11-12H2/t17-/m1/s1. The molecule has 1 saturated carbocycles. The Labute approximate surface area is 148 Å². The van der Waals surface area contributed by atoms with Crippen molar-refractivity contribution in [3.63, 3.8) is 0 Å². The zero-order valence-corrected chi connectivity index (χ0v) is 14.7. The van der Waals surface area contributed by atoms with Gasteiger partial charge in [-0.1, -0.05) is 6.42 Å². The number of amides is 1. The van der Waals surface area contributed by atoms with E-state index in [1.54, 1.807) is 0 Å². The summed E-state index contributed by atoms with van der Waals surface area (Å²) in [4.78, 5) is 16.9. The molecule has 0 radical (unpaired) electrons. The molecular formula is C18H28N4O3. The van der Waals surface area contributed by atoms with Crippen LogP contribution < -0.4 is 0 Å². The van der Waals surface area contributed by atoms with Crippen LogP contribution >= 0.6 is 0 Å². The van der Waals surface area contributed by atoms with Gasteiger partial charge in [-0.25, -0.2) is 0 Å².